The second-order valence-electron chi connectivity index (χ2n) is 6.34. The minimum Gasteiger partial charge on any atom is -0.492 e. The summed E-state index contributed by atoms with van der Waals surface area (Å²) in [6.45, 7) is 6.14. The van der Waals surface area contributed by atoms with E-state index in [2.05, 4.69) is 27.8 Å². The Morgan fingerprint density at radius 2 is 1.96 bits per heavy atom. The zero-order valence-electron chi connectivity index (χ0n) is 15.6. The molecule has 2 amide bonds. The third-order valence-electron chi connectivity index (χ3n) is 4.16. The Morgan fingerprint density at radius 1 is 1.15 bits per heavy atom. The first-order chi connectivity index (χ1) is 13.1. The number of nitrogens with one attached hydrogen (secondary N) is 4. The van der Waals surface area contributed by atoms with Crippen LogP contribution >= 0.6 is 0 Å². The van der Waals surface area contributed by atoms with Crippen molar-refractivity contribution in [3.05, 3.63) is 42.1 Å². The molecule has 1 aliphatic heterocycles. The summed E-state index contributed by atoms with van der Waals surface area (Å²) in [5, 5.41) is 11.6. The minimum absolute atomic E-state index is 0.0359. The van der Waals surface area contributed by atoms with Gasteiger partial charge in [0.05, 0.1) is 6.54 Å². The Balaban J connectivity index is 2.00. The molecule has 8 heteroatoms. The van der Waals surface area contributed by atoms with Crippen molar-refractivity contribution in [1.82, 2.24) is 21.3 Å². The quantitative estimate of drug-likeness (QED) is 0.442. The average molecular weight is 375 g/mol. The Labute approximate surface area is 159 Å². The van der Waals surface area contributed by atoms with Crippen LogP contribution in [0, 0.1) is 0 Å². The van der Waals surface area contributed by atoms with Crippen LogP contribution in [0.5, 0.6) is 5.75 Å². The molecule has 0 saturated carbocycles. The van der Waals surface area contributed by atoms with Crippen LogP contribution in [0.3, 0.4) is 0 Å². The van der Waals surface area contributed by atoms with Crippen molar-refractivity contribution in [1.29, 1.82) is 0 Å². The second-order valence-corrected chi connectivity index (χ2v) is 6.34. The molecule has 0 bridgehead atoms. The SMILES string of the molecule is C=C1CNCCOc2ccccc2CCCNC(=O)C(CN)NC(=O)CN1. The summed E-state index contributed by atoms with van der Waals surface area (Å²) in [5.41, 5.74) is 7.41. The maximum absolute atomic E-state index is 12.2. The molecule has 1 atom stereocenters. The lowest BCUT2D eigenvalue weighted by atomic mass is 10.1. The van der Waals surface area contributed by atoms with Gasteiger partial charge in [0.25, 0.3) is 0 Å². The summed E-state index contributed by atoms with van der Waals surface area (Å²) in [6.07, 6.45) is 1.54. The fourth-order valence-corrected chi connectivity index (χ4v) is 2.68. The summed E-state index contributed by atoms with van der Waals surface area (Å²) in [6, 6.07) is 7.14. The number of fused-ring (bicyclic) bond motifs is 1. The van der Waals surface area contributed by atoms with E-state index in [0.717, 1.165) is 24.2 Å². The van der Waals surface area contributed by atoms with E-state index in [1.54, 1.807) is 0 Å². The number of nitrogens with two attached hydrogens (primary N) is 1. The molecule has 27 heavy (non-hydrogen) atoms. The molecule has 0 saturated heterocycles. The molecule has 0 radical (unpaired) electrons. The van der Waals surface area contributed by atoms with E-state index < -0.39 is 6.04 Å². The summed E-state index contributed by atoms with van der Waals surface area (Å²) in [5.74, 6) is 0.271. The van der Waals surface area contributed by atoms with Crippen molar-refractivity contribution in [3.8, 4) is 5.75 Å². The standard InChI is InChI=1S/C19H29N5O3/c1-14-12-21-9-10-27-17-7-3-2-5-15(17)6-4-8-22-19(26)16(11-20)24-18(25)13-23-14/h2-3,5,7,16,21,23H,1,4,6,8-13,20H2,(H,22,26)(H,24,25). The van der Waals surface area contributed by atoms with Crippen molar-refractivity contribution in [2.45, 2.75) is 18.9 Å². The second kappa shape index (κ2) is 11.2. The van der Waals surface area contributed by atoms with Gasteiger partial charge in [0.15, 0.2) is 0 Å². The number of carbonyl (C=O) groups excluding carboxylic acids is 2. The van der Waals surface area contributed by atoms with Gasteiger partial charge in [-0.3, -0.25) is 9.59 Å². The summed E-state index contributed by atoms with van der Waals surface area (Å²) >= 11 is 0. The van der Waals surface area contributed by atoms with Gasteiger partial charge in [-0.1, -0.05) is 24.8 Å². The van der Waals surface area contributed by atoms with Gasteiger partial charge in [-0.15, -0.1) is 0 Å². The third kappa shape index (κ3) is 7.28. The Morgan fingerprint density at radius 3 is 2.78 bits per heavy atom. The van der Waals surface area contributed by atoms with Gasteiger partial charge in [-0.25, -0.2) is 0 Å². The summed E-state index contributed by atoms with van der Waals surface area (Å²) in [4.78, 5) is 24.2. The van der Waals surface area contributed by atoms with Crippen molar-refractivity contribution in [2.24, 2.45) is 5.73 Å². The lowest BCUT2D eigenvalue weighted by Crippen LogP contribution is -2.52. The fraction of sp³-hybridized carbons (Fsp3) is 0.474. The normalized spacial score (nSPS) is 20.8. The highest BCUT2D eigenvalue weighted by atomic mass is 16.5. The first kappa shape index (κ1) is 20.7. The molecule has 0 fully saturated rings. The number of rotatable bonds is 1. The molecule has 1 aliphatic rings. The van der Waals surface area contributed by atoms with Gasteiger partial charge in [0.2, 0.25) is 11.8 Å². The van der Waals surface area contributed by atoms with Crippen LogP contribution in [-0.4, -0.2) is 57.2 Å². The molecule has 0 aliphatic carbocycles. The molecule has 1 aromatic rings. The lowest BCUT2D eigenvalue weighted by Gasteiger charge is -2.18. The van der Waals surface area contributed by atoms with Gasteiger partial charge in [0, 0.05) is 31.9 Å². The maximum atomic E-state index is 12.2. The predicted octanol–water partition coefficient (Wildman–Crippen LogP) is -0.736. The van der Waals surface area contributed by atoms with Crippen LogP contribution < -0.4 is 31.7 Å². The molecular weight excluding hydrogens is 346 g/mol. The highest BCUT2D eigenvalue weighted by molar-refractivity contribution is 5.88. The van der Waals surface area contributed by atoms with Gasteiger partial charge < -0.3 is 31.7 Å². The maximum Gasteiger partial charge on any atom is 0.243 e. The Bertz CT molecular complexity index is 650. The molecule has 0 aromatic heterocycles. The summed E-state index contributed by atoms with van der Waals surface area (Å²) < 4.78 is 5.86. The topological polar surface area (TPSA) is 118 Å². The number of aryl methyl sites for hydroxylation is 1. The van der Waals surface area contributed by atoms with Crippen LogP contribution in [0.15, 0.2) is 36.5 Å². The van der Waals surface area contributed by atoms with Crippen molar-refractivity contribution >= 4 is 11.8 Å². The van der Waals surface area contributed by atoms with E-state index in [4.69, 9.17) is 10.5 Å². The average Bonchev–Trinajstić information content (AvgIpc) is 2.67. The highest BCUT2D eigenvalue weighted by Gasteiger charge is 2.18. The molecular formula is C19H29N5O3. The zero-order chi connectivity index (χ0) is 19.5. The van der Waals surface area contributed by atoms with E-state index in [-0.39, 0.29) is 24.9 Å². The van der Waals surface area contributed by atoms with E-state index in [9.17, 15) is 9.59 Å². The van der Waals surface area contributed by atoms with Crippen LogP contribution in [-0.2, 0) is 16.0 Å². The van der Waals surface area contributed by atoms with Crippen LogP contribution in [0.4, 0.5) is 0 Å². The Hall–Kier alpha value is -2.58. The molecule has 1 heterocycles. The third-order valence-corrected chi connectivity index (χ3v) is 4.16. The number of para-hydroxylation sites is 1. The van der Waals surface area contributed by atoms with Crippen LogP contribution in [0.1, 0.15) is 12.0 Å². The number of carbonyl (C=O) groups is 2. The van der Waals surface area contributed by atoms with Gasteiger partial charge >= 0.3 is 0 Å². The van der Waals surface area contributed by atoms with Crippen LogP contribution in [0.2, 0.25) is 0 Å². The molecule has 6 N–H and O–H groups in total. The molecule has 1 aromatic carbocycles. The van der Waals surface area contributed by atoms with E-state index in [1.165, 1.54) is 0 Å². The zero-order valence-corrected chi connectivity index (χ0v) is 15.6. The first-order valence-corrected chi connectivity index (χ1v) is 9.20. The smallest absolute Gasteiger partial charge is 0.243 e. The predicted molar refractivity (Wildman–Crippen MR) is 104 cm³/mol. The summed E-state index contributed by atoms with van der Waals surface area (Å²) in [7, 11) is 0. The number of hydrogen-bond acceptors (Lipinski definition) is 6. The molecule has 2 rings (SSSR count). The number of amides is 2. The largest absolute Gasteiger partial charge is 0.492 e. The Kier molecular flexibility index (Phi) is 8.60. The fourth-order valence-electron chi connectivity index (χ4n) is 2.68. The van der Waals surface area contributed by atoms with E-state index in [1.807, 2.05) is 24.3 Å². The van der Waals surface area contributed by atoms with E-state index >= 15 is 0 Å². The minimum atomic E-state index is -0.750. The van der Waals surface area contributed by atoms with Crippen molar-refractivity contribution < 1.29 is 14.3 Å². The lowest BCUT2D eigenvalue weighted by molar-refractivity contribution is -0.128. The van der Waals surface area contributed by atoms with Crippen molar-refractivity contribution in [2.75, 3.05) is 39.3 Å². The van der Waals surface area contributed by atoms with Gasteiger partial charge in [0.1, 0.15) is 18.4 Å². The van der Waals surface area contributed by atoms with E-state index in [0.29, 0.717) is 31.9 Å². The molecule has 0 spiro atoms. The van der Waals surface area contributed by atoms with Gasteiger partial charge in [-0.05, 0) is 24.5 Å². The number of ether oxygens (including phenoxy) is 1. The molecule has 1 unspecified atom stereocenters. The van der Waals surface area contributed by atoms with Crippen LogP contribution in [0.25, 0.3) is 0 Å². The first-order valence-electron chi connectivity index (χ1n) is 9.20. The van der Waals surface area contributed by atoms with Gasteiger partial charge in [-0.2, -0.15) is 0 Å². The number of benzene rings is 1. The number of hydrogen-bond donors (Lipinski definition) is 5. The van der Waals surface area contributed by atoms with Crippen molar-refractivity contribution in [3.63, 3.8) is 0 Å². The monoisotopic (exact) mass is 375 g/mol. The highest BCUT2D eigenvalue weighted by Crippen LogP contribution is 2.19. The molecule has 8 nitrogen and oxygen atoms in total. The molecule has 148 valence electrons.